The fourth-order valence-corrected chi connectivity index (χ4v) is 4.59. The number of hydrogen-bond acceptors (Lipinski definition) is 5. The van der Waals surface area contributed by atoms with Gasteiger partial charge >= 0.3 is 0 Å². The van der Waals surface area contributed by atoms with Crippen LogP contribution in [-0.4, -0.2) is 61.9 Å². The first-order chi connectivity index (χ1) is 10.1. The van der Waals surface area contributed by atoms with Gasteiger partial charge in [-0.3, -0.25) is 4.90 Å². The Kier molecular flexibility index (Phi) is 4.14. The molecule has 0 saturated carbocycles. The summed E-state index contributed by atoms with van der Waals surface area (Å²) in [5.41, 5.74) is 0. The zero-order chi connectivity index (χ0) is 14.9. The topological polar surface area (TPSA) is 65.5 Å². The van der Waals surface area contributed by atoms with Crippen molar-refractivity contribution in [3.05, 3.63) is 18.3 Å². The van der Waals surface area contributed by atoms with E-state index >= 15 is 0 Å². The molecule has 1 aromatic heterocycles. The second-order valence-corrected chi connectivity index (χ2v) is 7.62. The van der Waals surface area contributed by atoms with Crippen LogP contribution in [0.25, 0.3) is 0 Å². The summed E-state index contributed by atoms with van der Waals surface area (Å²) in [6, 6.07) is 3.71. The van der Waals surface area contributed by atoms with E-state index in [4.69, 9.17) is 0 Å². The molecule has 0 bridgehead atoms. The predicted octanol–water partition coefficient (Wildman–Crippen LogP) is 0.982. The SMILES string of the molecule is CNc1ccc(S(=O)(=O)N2CCN3CCCCC3C2)cn1. The lowest BCUT2D eigenvalue weighted by Gasteiger charge is -2.43. The van der Waals surface area contributed by atoms with Crippen molar-refractivity contribution in [2.75, 3.05) is 38.5 Å². The van der Waals surface area contributed by atoms with Crippen molar-refractivity contribution in [3.63, 3.8) is 0 Å². The lowest BCUT2D eigenvalue weighted by Crippen LogP contribution is -2.56. The van der Waals surface area contributed by atoms with Gasteiger partial charge in [-0.1, -0.05) is 6.42 Å². The Hall–Kier alpha value is -1.18. The number of nitrogens with zero attached hydrogens (tertiary/aromatic N) is 3. The molecule has 1 aromatic rings. The van der Waals surface area contributed by atoms with Crippen LogP contribution < -0.4 is 5.32 Å². The number of rotatable bonds is 3. The molecule has 2 aliphatic heterocycles. The maximum atomic E-state index is 12.7. The molecule has 1 unspecified atom stereocenters. The summed E-state index contributed by atoms with van der Waals surface area (Å²) < 4.78 is 27.0. The van der Waals surface area contributed by atoms with E-state index < -0.39 is 10.0 Å². The van der Waals surface area contributed by atoms with E-state index in [0.29, 0.717) is 24.9 Å². The molecule has 3 heterocycles. The van der Waals surface area contributed by atoms with Gasteiger partial charge in [-0.25, -0.2) is 13.4 Å². The highest BCUT2D eigenvalue weighted by Crippen LogP contribution is 2.25. The first-order valence-electron chi connectivity index (χ1n) is 7.49. The van der Waals surface area contributed by atoms with Crippen molar-refractivity contribution in [2.24, 2.45) is 0 Å². The highest BCUT2D eigenvalue weighted by Gasteiger charge is 2.35. The zero-order valence-electron chi connectivity index (χ0n) is 12.3. The van der Waals surface area contributed by atoms with Crippen molar-refractivity contribution in [1.29, 1.82) is 0 Å². The molecule has 2 aliphatic rings. The monoisotopic (exact) mass is 310 g/mol. The van der Waals surface area contributed by atoms with Gasteiger partial charge in [0.05, 0.1) is 0 Å². The quantitative estimate of drug-likeness (QED) is 0.901. The summed E-state index contributed by atoms with van der Waals surface area (Å²) in [5, 5.41) is 2.90. The molecule has 6 nitrogen and oxygen atoms in total. The second kappa shape index (κ2) is 5.90. The van der Waals surface area contributed by atoms with Gasteiger partial charge in [0.15, 0.2) is 0 Å². The highest BCUT2D eigenvalue weighted by molar-refractivity contribution is 7.89. The number of aromatic nitrogens is 1. The molecule has 0 aromatic carbocycles. The summed E-state index contributed by atoms with van der Waals surface area (Å²) in [5.74, 6) is 0.672. The number of hydrogen-bond donors (Lipinski definition) is 1. The first-order valence-corrected chi connectivity index (χ1v) is 8.93. The van der Waals surface area contributed by atoms with E-state index in [0.717, 1.165) is 19.5 Å². The van der Waals surface area contributed by atoms with E-state index in [9.17, 15) is 8.42 Å². The lowest BCUT2D eigenvalue weighted by molar-refractivity contribution is 0.0851. The Bertz CT molecular complexity index is 587. The number of pyridine rings is 1. The fraction of sp³-hybridized carbons (Fsp3) is 0.643. The molecule has 2 fully saturated rings. The Labute approximate surface area is 126 Å². The average Bonchev–Trinajstić information content (AvgIpc) is 2.54. The number of sulfonamides is 1. The van der Waals surface area contributed by atoms with Crippen LogP contribution in [0, 0.1) is 0 Å². The van der Waals surface area contributed by atoms with Gasteiger partial charge in [-0.05, 0) is 31.5 Å². The Morgan fingerprint density at radius 1 is 1.24 bits per heavy atom. The summed E-state index contributed by atoms with van der Waals surface area (Å²) >= 11 is 0. The van der Waals surface area contributed by atoms with Crippen molar-refractivity contribution >= 4 is 15.8 Å². The van der Waals surface area contributed by atoms with Crippen LogP contribution >= 0.6 is 0 Å². The van der Waals surface area contributed by atoms with Gasteiger partial charge in [0.2, 0.25) is 10.0 Å². The highest BCUT2D eigenvalue weighted by atomic mass is 32.2. The maximum Gasteiger partial charge on any atom is 0.244 e. The van der Waals surface area contributed by atoms with Crippen molar-refractivity contribution in [1.82, 2.24) is 14.2 Å². The van der Waals surface area contributed by atoms with Crippen molar-refractivity contribution in [2.45, 2.75) is 30.2 Å². The van der Waals surface area contributed by atoms with E-state index in [1.165, 1.54) is 19.0 Å². The van der Waals surface area contributed by atoms with Crippen LogP contribution in [-0.2, 0) is 10.0 Å². The molecule has 0 radical (unpaired) electrons. The average molecular weight is 310 g/mol. The van der Waals surface area contributed by atoms with Crippen LogP contribution in [0.2, 0.25) is 0 Å². The molecular formula is C14H22N4O2S. The number of fused-ring (bicyclic) bond motifs is 1. The molecule has 0 aliphatic carbocycles. The lowest BCUT2D eigenvalue weighted by atomic mass is 10.0. The third-order valence-electron chi connectivity index (χ3n) is 4.43. The molecule has 3 rings (SSSR count). The van der Waals surface area contributed by atoms with Crippen LogP contribution in [0.1, 0.15) is 19.3 Å². The van der Waals surface area contributed by atoms with Crippen molar-refractivity contribution in [3.8, 4) is 0 Å². The Morgan fingerprint density at radius 3 is 2.81 bits per heavy atom. The number of anilines is 1. The molecule has 21 heavy (non-hydrogen) atoms. The standard InChI is InChI=1S/C14H22N4O2S/c1-15-14-6-5-13(10-16-14)21(19,20)18-9-8-17-7-3-2-4-12(17)11-18/h5-6,10,12H,2-4,7-9,11H2,1H3,(H,15,16). The number of nitrogens with one attached hydrogen (secondary N) is 1. The molecule has 1 N–H and O–H groups in total. The van der Waals surface area contributed by atoms with Crippen LogP contribution in [0.3, 0.4) is 0 Å². The van der Waals surface area contributed by atoms with Gasteiger partial charge in [-0.2, -0.15) is 4.31 Å². The van der Waals surface area contributed by atoms with Crippen LogP contribution in [0.4, 0.5) is 5.82 Å². The Balaban J connectivity index is 1.78. The van der Waals surface area contributed by atoms with Gasteiger partial charge in [0.25, 0.3) is 0 Å². The molecule has 1 atom stereocenters. The van der Waals surface area contributed by atoms with E-state index in [-0.39, 0.29) is 4.90 Å². The van der Waals surface area contributed by atoms with Gasteiger partial charge in [0, 0.05) is 38.9 Å². The fourth-order valence-electron chi connectivity index (χ4n) is 3.18. The summed E-state index contributed by atoms with van der Waals surface area (Å²) in [6.45, 7) is 3.13. The van der Waals surface area contributed by atoms with Crippen molar-refractivity contribution < 1.29 is 8.42 Å². The minimum absolute atomic E-state index is 0.283. The molecule has 0 spiro atoms. The molecule has 116 valence electrons. The van der Waals surface area contributed by atoms with Gasteiger partial charge in [-0.15, -0.1) is 0 Å². The molecule has 2 saturated heterocycles. The largest absolute Gasteiger partial charge is 0.373 e. The van der Waals surface area contributed by atoms with E-state index in [2.05, 4.69) is 15.2 Å². The van der Waals surface area contributed by atoms with E-state index in [1.54, 1.807) is 23.5 Å². The Morgan fingerprint density at radius 2 is 2.10 bits per heavy atom. The zero-order valence-corrected chi connectivity index (χ0v) is 13.1. The number of piperidine rings is 1. The minimum atomic E-state index is -3.42. The smallest absolute Gasteiger partial charge is 0.244 e. The van der Waals surface area contributed by atoms with Gasteiger partial charge in [0.1, 0.15) is 10.7 Å². The maximum absolute atomic E-state index is 12.7. The molecule has 7 heteroatoms. The summed E-state index contributed by atoms with van der Waals surface area (Å²) in [4.78, 5) is 6.82. The molecular weight excluding hydrogens is 288 g/mol. The third-order valence-corrected chi connectivity index (χ3v) is 6.28. The summed E-state index contributed by atoms with van der Waals surface area (Å²) in [7, 11) is -1.66. The second-order valence-electron chi connectivity index (χ2n) is 5.68. The first kappa shape index (κ1) is 14.7. The van der Waals surface area contributed by atoms with Crippen LogP contribution in [0.15, 0.2) is 23.2 Å². The number of piperazine rings is 1. The molecule has 0 amide bonds. The minimum Gasteiger partial charge on any atom is -0.373 e. The third kappa shape index (κ3) is 2.90. The summed E-state index contributed by atoms with van der Waals surface area (Å²) in [6.07, 6.45) is 4.98. The predicted molar refractivity (Wildman–Crippen MR) is 81.8 cm³/mol. The van der Waals surface area contributed by atoms with Gasteiger partial charge < -0.3 is 5.32 Å². The van der Waals surface area contributed by atoms with E-state index in [1.807, 2.05) is 0 Å². The van der Waals surface area contributed by atoms with Crippen LogP contribution in [0.5, 0.6) is 0 Å². The normalized spacial score (nSPS) is 24.5.